The van der Waals surface area contributed by atoms with Gasteiger partial charge in [-0.15, -0.1) is 11.3 Å². The van der Waals surface area contributed by atoms with E-state index in [1.54, 1.807) is 11.3 Å². The average molecular weight is 335 g/mol. The number of thiazole rings is 1. The maximum Gasteiger partial charge on any atom is 0.229 e. The molecule has 126 valence electrons. The van der Waals surface area contributed by atoms with E-state index in [0.717, 1.165) is 30.8 Å². The maximum atomic E-state index is 12.4. The van der Waals surface area contributed by atoms with Gasteiger partial charge in [0.25, 0.3) is 0 Å². The van der Waals surface area contributed by atoms with Crippen LogP contribution in [0.25, 0.3) is 0 Å². The number of carbonyl (C=O) groups is 2. The van der Waals surface area contributed by atoms with Crippen molar-refractivity contribution in [3.63, 3.8) is 0 Å². The Balaban J connectivity index is 1.53. The molecular weight excluding hydrogens is 310 g/mol. The summed E-state index contributed by atoms with van der Waals surface area (Å²) in [7, 11) is 0. The van der Waals surface area contributed by atoms with Gasteiger partial charge in [0.2, 0.25) is 11.8 Å². The summed E-state index contributed by atoms with van der Waals surface area (Å²) in [4.78, 5) is 32.2. The standard InChI is InChI=1S/C17H25N3O2S/c1-11(2)16(22)20-9-7-12(8-10-20)15(21)19-17-18-13-5-3-4-6-14(13)23-17/h11-12H,3-10H2,1-2H3,(H,18,19,21). The van der Waals surface area contributed by atoms with E-state index in [1.165, 1.54) is 23.4 Å². The number of carbonyl (C=O) groups excluding carboxylic acids is 2. The highest BCUT2D eigenvalue weighted by molar-refractivity contribution is 7.15. The highest BCUT2D eigenvalue weighted by Crippen LogP contribution is 2.30. The maximum absolute atomic E-state index is 12.4. The van der Waals surface area contributed by atoms with Crippen LogP contribution in [0.15, 0.2) is 0 Å². The van der Waals surface area contributed by atoms with Crippen LogP contribution in [0.3, 0.4) is 0 Å². The Labute approximate surface area is 141 Å². The number of likely N-dealkylation sites (tertiary alicyclic amines) is 1. The number of aromatic nitrogens is 1. The molecule has 2 aliphatic rings. The quantitative estimate of drug-likeness (QED) is 0.924. The molecule has 0 bridgehead atoms. The van der Waals surface area contributed by atoms with Crippen LogP contribution in [-0.2, 0) is 22.4 Å². The molecular formula is C17H25N3O2S. The van der Waals surface area contributed by atoms with E-state index in [1.807, 2.05) is 18.7 Å². The zero-order chi connectivity index (χ0) is 16.4. The Bertz CT molecular complexity index is 565. The lowest BCUT2D eigenvalue weighted by Gasteiger charge is -2.32. The summed E-state index contributed by atoms with van der Waals surface area (Å²) in [5.41, 5.74) is 1.17. The first-order chi connectivity index (χ1) is 11.0. The van der Waals surface area contributed by atoms with Crippen molar-refractivity contribution in [1.29, 1.82) is 0 Å². The Kier molecular flexibility index (Phi) is 4.99. The van der Waals surface area contributed by atoms with Gasteiger partial charge in [0.1, 0.15) is 0 Å². The van der Waals surface area contributed by atoms with Gasteiger partial charge in [-0.05, 0) is 38.5 Å². The summed E-state index contributed by atoms with van der Waals surface area (Å²) >= 11 is 1.63. The number of hydrogen-bond donors (Lipinski definition) is 1. The normalized spacial score (nSPS) is 18.8. The van der Waals surface area contributed by atoms with E-state index in [9.17, 15) is 9.59 Å². The van der Waals surface area contributed by atoms with Crippen LogP contribution < -0.4 is 5.32 Å². The van der Waals surface area contributed by atoms with Crippen LogP contribution in [-0.4, -0.2) is 34.8 Å². The van der Waals surface area contributed by atoms with Gasteiger partial charge in [0, 0.05) is 29.8 Å². The number of nitrogens with one attached hydrogen (secondary N) is 1. The third-order valence-corrected chi connectivity index (χ3v) is 5.82. The van der Waals surface area contributed by atoms with E-state index in [2.05, 4.69) is 10.3 Å². The van der Waals surface area contributed by atoms with Gasteiger partial charge < -0.3 is 10.2 Å². The topological polar surface area (TPSA) is 62.3 Å². The van der Waals surface area contributed by atoms with E-state index in [-0.39, 0.29) is 23.7 Å². The van der Waals surface area contributed by atoms with Gasteiger partial charge in [-0.25, -0.2) is 4.98 Å². The Morgan fingerprint density at radius 2 is 1.91 bits per heavy atom. The number of nitrogens with zero attached hydrogens (tertiary/aromatic N) is 2. The van der Waals surface area contributed by atoms with Crippen molar-refractivity contribution in [2.75, 3.05) is 18.4 Å². The molecule has 0 aromatic carbocycles. The van der Waals surface area contributed by atoms with Crippen molar-refractivity contribution in [2.45, 2.75) is 52.4 Å². The van der Waals surface area contributed by atoms with Crippen molar-refractivity contribution in [3.8, 4) is 0 Å². The second kappa shape index (κ2) is 6.99. The molecule has 1 saturated heterocycles. The highest BCUT2D eigenvalue weighted by atomic mass is 32.1. The number of hydrogen-bond acceptors (Lipinski definition) is 4. The van der Waals surface area contributed by atoms with Crippen molar-refractivity contribution in [2.24, 2.45) is 11.8 Å². The molecule has 5 nitrogen and oxygen atoms in total. The molecule has 0 spiro atoms. The second-order valence-corrected chi connectivity index (χ2v) is 7.92. The number of fused-ring (bicyclic) bond motifs is 1. The Morgan fingerprint density at radius 1 is 1.22 bits per heavy atom. The molecule has 6 heteroatoms. The van der Waals surface area contributed by atoms with Gasteiger partial charge >= 0.3 is 0 Å². The van der Waals surface area contributed by atoms with Gasteiger partial charge in [-0.3, -0.25) is 9.59 Å². The molecule has 1 aromatic rings. The van der Waals surface area contributed by atoms with Crippen LogP contribution in [0, 0.1) is 11.8 Å². The molecule has 1 N–H and O–H groups in total. The fourth-order valence-corrected chi connectivity index (χ4v) is 4.39. The van der Waals surface area contributed by atoms with Crippen molar-refractivity contribution in [3.05, 3.63) is 10.6 Å². The van der Waals surface area contributed by atoms with Gasteiger partial charge in [-0.1, -0.05) is 13.8 Å². The average Bonchev–Trinajstić information content (AvgIpc) is 2.96. The predicted octanol–water partition coefficient (Wildman–Crippen LogP) is 2.86. The third-order valence-electron chi connectivity index (χ3n) is 4.75. The summed E-state index contributed by atoms with van der Waals surface area (Å²) in [6.07, 6.45) is 6.05. The molecule has 2 heterocycles. The van der Waals surface area contributed by atoms with Crippen molar-refractivity contribution < 1.29 is 9.59 Å². The van der Waals surface area contributed by atoms with E-state index in [4.69, 9.17) is 0 Å². The number of rotatable bonds is 3. The van der Waals surface area contributed by atoms with Crippen LogP contribution >= 0.6 is 11.3 Å². The molecule has 23 heavy (non-hydrogen) atoms. The van der Waals surface area contributed by atoms with Gasteiger partial charge in [0.15, 0.2) is 5.13 Å². The lowest BCUT2D eigenvalue weighted by atomic mass is 9.95. The molecule has 1 aromatic heterocycles. The molecule has 2 amide bonds. The first kappa shape index (κ1) is 16.4. The van der Waals surface area contributed by atoms with Gasteiger partial charge in [-0.2, -0.15) is 0 Å². The lowest BCUT2D eigenvalue weighted by molar-refractivity contribution is -0.137. The van der Waals surface area contributed by atoms with E-state index < -0.39 is 0 Å². The minimum Gasteiger partial charge on any atom is -0.342 e. The zero-order valence-corrected chi connectivity index (χ0v) is 14.7. The molecule has 1 fully saturated rings. The minimum atomic E-state index is -0.00728. The van der Waals surface area contributed by atoms with Crippen LogP contribution in [0.2, 0.25) is 0 Å². The molecule has 1 aliphatic heterocycles. The van der Waals surface area contributed by atoms with Gasteiger partial charge in [0.05, 0.1) is 5.69 Å². The zero-order valence-electron chi connectivity index (χ0n) is 13.9. The number of amides is 2. The van der Waals surface area contributed by atoms with E-state index in [0.29, 0.717) is 13.1 Å². The Hall–Kier alpha value is -1.43. The van der Waals surface area contributed by atoms with Crippen molar-refractivity contribution >= 4 is 28.3 Å². The molecule has 0 radical (unpaired) electrons. The summed E-state index contributed by atoms with van der Waals surface area (Å²) in [5.74, 6) is 0.276. The summed E-state index contributed by atoms with van der Waals surface area (Å²) in [6.45, 7) is 5.21. The Morgan fingerprint density at radius 3 is 2.57 bits per heavy atom. The van der Waals surface area contributed by atoms with Crippen LogP contribution in [0.4, 0.5) is 5.13 Å². The summed E-state index contributed by atoms with van der Waals surface area (Å²) in [6, 6.07) is 0. The van der Waals surface area contributed by atoms with Crippen LogP contribution in [0.1, 0.15) is 50.1 Å². The third kappa shape index (κ3) is 3.74. The fourth-order valence-electron chi connectivity index (χ4n) is 3.34. The predicted molar refractivity (Wildman–Crippen MR) is 91.5 cm³/mol. The first-order valence-electron chi connectivity index (χ1n) is 8.63. The minimum absolute atomic E-state index is 0.00728. The number of aryl methyl sites for hydroxylation is 2. The molecule has 3 rings (SSSR count). The molecule has 0 saturated carbocycles. The van der Waals surface area contributed by atoms with Crippen molar-refractivity contribution in [1.82, 2.24) is 9.88 Å². The molecule has 0 atom stereocenters. The monoisotopic (exact) mass is 335 g/mol. The SMILES string of the molecule is CC(C)C(=O)N1CCC(C(=O)Nc2nc3c(s2)CCCC3)CC1. The number of anilines is 1. The van der Waals surface area contributed by atoms with E-state index >= 15 is 0 Å². The fraction of sp³-hybridized carbons (Fsp3) is 0.706. The first-order valence-corrected chi connectivity index (χ1v) is 9.44. The summed E-state index contributed by atoms with van der Waals surface area (Å²) in [5, 5.41) is 3.75. The smallest absolute Gasteiger partial charge is 0.229 e. The summed E-state index contributed by atoms with van der Waals surface area (Å²) < 4.78 is 0. The largest absolute Gasteiger partial charge is 0.342 e. The molecule has 0 unspecified atom stereocenters. The van der Waals surface area contributed by atoms with Crippen LogP contribution in [0.5, 0.6) is 0 Å². The lowest BCUT2D eigenvalue weighted by Crippen LogP contribution is -2.43. The molecule has 1 aliphatic carbocycles. The number of piperidine rings is 1. The second-order valence-electron chi connectivity index (χ2n) is 6.84. The highest BCUT2D eigenvalue weighted by Gasteiger charge is 2.29.